The van der Waals surface area contributed by atoms with Crippen molar-refractivity contribution in [1.82, 2.24) is 14.8 Å². The van der Waals surface area contributed by atoms with E-state index in [1.807, 2.05) is 0 Å². The van der Waals surface area contributed by atoms with Crippen molar-refractivity contribution in [3.05, 3.63) is 69.9 Å². The third-order valence-electron chi connectivity index (χ3n) is 5.13. The lowest BCUT2D eigenvalue weighted by Crippen LogP contribution is -2.03. The molecule has 34 heavy (non-hydrogen) atoms. The van der Waals surface area contributed by atoms with E-state index >= 15 is 0 Å². The molecule has 0 fully saturated rings. The van der Waals surface area contributed by atoms with Crippen LogP contribution in [-0.4, -0.2) is 44.5 Å². The second-order valence-corrected chi connectivity index (χ2v) is 10.3. The minimum atomic E-state index is -3.66. The van der Waals surface area contributed by atoms with Gasteiger partial charge in [-0.3, -0.25) is 9.67 Å². The van der Waals surface area contributed by atoms with Crippen molar-refractivity contribution >= 4 is 38.0 Å². The smallest absolute Gasteiger partial charge is 0.206 e. The second kappa shape index (κ2) is 9.61. The molecule has 0 saturated carbocycles. The van der Waals surface area contributed by atoms with Gasteiger partial charge in [-0.2, -0.15) is 5.10 Å². The molecule has 8 nitrogen and oxygen atoms in total. The summed E-state index contributed by atoms with van der Waals surface area (Å²) in [6.45, 7) is 0. The highest BCUT2D eigenvalue weighted by Gasteiger charge is 2.20. The number of hydrogen-bond acceptors (Lipinski definition) is 7. The molecule has 0 aliphatic carbocycles. The van der Waals surface area contributed by atoms with Gasteiger partial charge in [-0.05, 0) is 60.7 Å². The first kappa shape index (κ1) is 24.0. The summed E-state index contributed by atoms with van der Waals surface area (Å²) < 4.78 is 45.1. The Labute approximate surface area is 210 Å². The topological polar surface area (TPSA) is 95.4 Å². The first-order chi connectivity index (χ1) is 16.3. The van der Waals surface area contributed by atoms with E-state index in [-0.39, 0.29) is 9.79 Å². The Balaban J connectivity index is 1.78. The number of methoxy groups -OCH3 is 3. The Hall–Kier alpha value is -3.15. The molecule has 0 aliphatic heterocycles. The van der Waals surface area contributed by atoms with Crippen LogP contribution in [0.4, 0.5) is 0 Å². The average Bonchev–Trinajstić information content (AvgIpc) is 3.24. The molecule has 0 saturated heterocycles. The fourth-order valence-electron chi connectivity index (χ4n) is 3.46. The number of benzene rings is 3. The number of aromatic amines is 1. The Morgan fingerprint density at radius 3 is 1.91 bits per heavy atom. The number of sulfone groups is 1. The quantitative estimate of drug-likeness (QED) is 0.309. The van der Waals surface area contributed by atoms with Crippen LogP contribution in [0.2, 0.25) is 0 Å². The molecule has 0 atom stereocenters. The monoisotopic (exact) mass is 561 g/mol. The van der Waals surface area contributed by atoms with E-state index in [0.29, 0.717) is 39.1 Å². The first-order valence-electron chi connectivity index (χ1n) is 9.89. The summed E-state index contributed by atoms with van der Waals surface area (Å²) in [5.74, 6) is 1.86. The minimum absolute atomic E-state index is 0.173. The zero-order chi connectivity index (χ0) is 24.5. The Morgan fingerprint density at radius 1 is 0.882 bits per heavy atom. The summed E-state index contributed by atoms with van der Waals surface area (Å²) >= 11 is 8.79. The highest BCUT2D eigenvalue weighted by molar-refractivity contribution is 9.10. The van der Waals surface area contributed by atoms with Crippen molar-refractivity contribution in [2.75, 3.05) is 21.3 Å². The van der Waals surface area contributed by atoms with Gasteiger partial charge in [0, 0.05) is 22.2 Å². The maximum atomic E-state index is 13.0. The van der Waals surface area contributed by atoms with Crippen molar-refractivity contribution in [1.29, 1.82) is 0 Å². The van der Waals surface area contributed by atoms with E-state index in [0.717, 1.165) is 4.47 Å². The molecule has 0 radical (unpaired) electrons. The summed E-state index contributed by atoms with van der Waals surface area (Å²) in [6.07, 6.45) is 0. The maximum Gasteiger partial charge on any atom is 0.206 e. The van der Waals surface area contributed by atoms with E-state index in [4.69, 9.17) is 26.4 Å². The number of rotatable bonds is 7. The zero-order valence-electron chi connectivity index (χ0n) is 18.4. The summed E-state index contributed by atoms with van der Waals surface area (Å²) in [7, 11) is 0.924. The van der Waals surface area contributed by atoms with Crippen molar-refractivity contribution in [3.8, 4) is 34.3 Å². The van der Waals surface area contributed by atoms with E-state index in [9.17, 15) is 8.42 Å². The molecule has 1 N–H and O–H groups in total. The van der Waals surface area contributed by atoms with Gasteiger partial charge >= 0.3 is 0 Å². The molecular weight excluding hydrogens is 542 g/mol. The molecule has 3 aromatic carbocycles. The Morgan fingerprint density at radius 2 is 1.41 bits per heavy atom. The molecule has 0 bridgehead atoms. The molecule has 1 heterocycles. The highest BCUT2D eigenvalue weighted by atomic mass is 79.9. The molecule has 0 aliphatic rings. The van der Waals surface area contributed by atoms with Gasteiger partial charge < -0.3 is 14.2 Å². The average molecular weight is 562 g/mol. The van der Waals surface area contributed by atoms with Crippen LogP contribution in [0.3, 0.4) is 0 Å². The largest absolute Gasteiger partial charge is 0.493 e. The first-order valence-corrected chi connectivity index (χ1v) is 12.6. The van der Waals surface area contributed by atoms with Crippen molar-refractivity contribution < 1.29 is 22.6 Å². The van der Waals surface area contributed by atoms with Crippen LogP contribution in [0.15, 0.2) is 74.9 Å². The number of halogens is 1. The van der Waals surface area contributed by atoms with E-state index in [1.54, 1.807) is 65.2 Å². The van der Waals surface area contributed by atoms with Crippen LogP contribution in [0.25, 0.3) is 17.1 Å². The lowest BCUT2D eigenvalue weighted by Gasteiger charge is -2.15. The number of aromatic nitrogens is 3. The lowest BCUT2D eigenvalue weighted by atomic mass is 10.2. The van der Waals surface area contributed by atoms with Gasteiger partial charge in [0.15, 0.2) is 22.1 Å². The number of nitrogens with zero attached hydrogens (tertiary/aromatic N) is 2. The third-order valence-corrected chi connectivity index (χ3v) is 7.71. The summed E-state index contributed by atoms with van der Waals surface area (Å²) in [4.78, 5) is 0.385. The van der Waals surface area contributed by atoms with Crippen molar-refractivity contribution in [3.63, 3.8) is 0 Å². The standard InChI is InChI=1S/C23H20BrN3O5S2/c1-30-19-12-16(13-20(31-2)21(19)32-3)27-22(25-26-23(27)33)14-4-8-17(9-5-14)34(28,29)18-10-6-15(24)7-11-18/h4-13H,1-3H3,(H,26,33). The van der Waals surface area contributed by atoms with Gasteiger partial charge in [0.2, 0.25) is 15.6 Å². The van der Waals surface area contributed by atoms with E-state index in [1.165, 1.54) is 21.3 Å². The van der Waals surface area contributed by atoms with Gasteiger partial charge in [-0.15, -0.1) is 0 Å². The summed E-state index contributed by atoms with van der Waals surface area (Å²) in [5.41, 5.74) is 1.30. The fraction of sp³-hybridized carbons (Fsp3) is 0.130. The molecule has 4 rings (SSSR count). The molecular formula is C23H20BrN3O5S2. The van der Waals surface area contributed by atoms with Crippen molar-refractivity contribution in [2.24, 2.45) is 0 Å². The zero-order valence-corrected chi connectivity index (χ0v) is 21.6. The van der Waals surface area contributed by atoms with Gasteiger partial charge in [-0.25, -0.2) is 8.42 Å². The number of nitrogens with one attached hydrogen (secondary N) is 1. The maximum absolute atomic E-state index is 13.0. The lowest BCUT2D eigenvalue weighted by molar-refractivity contribution is 0.324. The Kier molecular flexibility index (Phi) is 6.78. The van der Waals surface area contributed by atoms with Crippen LogP contribution in [0.1, 0.15) is 0 Å². The predicted molar refractivity (Wildman–Crippen MR) is 133 cm³/mol. The number of hydrogen-bond donors (Lipinski definition) is 1. The second-order valence-electron chi connectivity index (χ2n) is 7.05. The van der Waals surface area contributed by atoms with Crippen LogP contribution in [0, 0.1) is 4.77 Å². The molecule has 176 valence electrons. The van der Waals surface area contributed by atoms with E-state index < -0.39 is 9.84 Å². The third kappa shape index (κ3) is 4.33. The Bertz CT molecular complexity index is 1470. The van der Waals surface area contributed by atoms with E-state index in [2.05, 4.69) is 26.1 Å². The molecule has 4 aromatic rings. The minimum Gasteiger partial charge on any atom is -0.493 e. The van der Waals surface area contributed by atoms with Crippen LogP contribution >= 0.6 is 28.1 Å². The van der Waals surface area contributed by atoms with Gasteiger partial charge in [0.25, 0.3) is 0 Å². The number of ether oxygens (including phenoxy) is 3. The van der Waals surface area contributed by atoms with Gasteiger partial charge in [0.1, 0.15) is 0 Å². The van der Waals surface area contributed by atoms with Crippen LogP contribution < -0.4 is 14.2 Å². The van der Waals surface area contributed by atoms with Gasteiger partial charge in [-0.1, -0.05) is 15.9 Å². The van der Waals surface area contributed by atoms with Crippen molar-refractivity contribution in [2.45, 2.75) is 9.79 Å². The molecule has 1 aromatic heterocycles. The highest BCUT2D eigenvalue weighted by Crippen LogP contribution is 2.40. The van der Waals surface area contributed by atoms with Gasteiger partial charge in [0.05, 0.1) is 36.8 Å². The molecule has 0 unspecified atom stereocenters. The fourth-order valence-corrected chi connectivity index (χ4v) is 5.22. The predicted octanol–water partition coefficient (Wildman–Crippen LogP) is 5.22. The molecule has 0 spiro atoms. The summed E-state index contributed by atoms with van der Waals surface area (Å²) in [5, 5.41) is 7.15. The summed E-state index contributed by atoms with van der Waals surface area (Å²) in [6, 6.07) is 16.5. The molecule has 0 amide bonds. The van der Waals surface area contributed by atoms with Crippen LogP contribution in [0.5, 0.6) is 17.2 Å². The molecule has 11 heteroatoms. The van der Waals surface area contributed by atoms with Crippen LogP contribution in [-0.2, 0) is 9.84 Å². The normalized spacial score (nSPS) is 11.3. The SMILES string of the molecule is COc1cc(-n2c(-c3ccc(S(=O)(=O)c4ccc(Br)cc4)cc3)n[nH]c2=S)cc(OC)c1OC. The number of H-pyrrole nitrogens is 1.